The summed E-state index contributed by atoms with van der Waals surface area (Å²) in [5, 5.41) is 0. The van der Waals surface area contributed by atoms with Gasteiger partial charge in [0.25, 0.3) is 0 Å². The molecule has 3 nitrogen and oxygen atoms in total. The number of carbonyl (C=O) groups is 1. The first-order chi connectivity index (χ1) is 10.1. The van der Waals surface area contributed by atoms with Gasteiger partial charge in [0.2, 0.25) is 0 Å². The van der Waals surface area contributed by atoms with Gasteiger partial charge < -0.3 is 4.90 Å². The maximum absolute atomic E-state index is 12.0. The number of carbonyl (C=O) groups excluding carboxylic acids is 1. The lowest BCUT2D eigenvalue weighted by atomic mass is 10.1. The SMILES string of the molecule is CN(C)c1ccc(N=CCC(=O)c2ccc(I)cc2)cc1. The van der Waals surface area contributed by atoms with Crippen molar-refractivity contribution in [3.8, 4) is 0 Å². The number of benzene rings is 2. The van der Waals surface area contributed by atoms with Crippen molar-refractivity contribution < 1.29 is 4.79 Å². The van der Waals surface area contributed by atoms with Crippen molar-refractivity contribution >= 4 is 46.0 Å². The standard InChI is InChI=1S/C17H17IN2O/c1-20(2)16-9-7-15(8-10-16)19-12-11-17(21)13-3-5-14(18)6-4-13/h3-10,12H,11H2,1-2H3. The monoisotopic (exact) mass is 392 g/mol. The van der Waals surface area contributed by atoms with Gasteiger partial charge in [0.05, 0.1) is 5.69 Å². The average Bonchev–Trinajstić information content (AvgIpc) is 2.48. The largest absolute Gasteiger partial charge is 0.378 e. The molecule has 0 aromatic heterocycles. The van der Waals surface area contributed by atoms with Crippen LogP contribution in [0.3, 0.4) is 0 Å². The minimum atomic E-state index is 0.0834. The molecule has 0 amide bonds. The van der Waals surface area contributed by atoms with Crippen LogP contribution in [0.25, 0.3) is 0 Å². The van der Waals surface area contributed by atoms with Gasteiger partial charge in [-0.05, 0) is 59.0 Å². The average molecular weight is 392 g/mol. The van der Waals surface area contributed by atoms with Gasteiger partial charge in [0, 0.05) is 41.6 Å². The van der Waals surface area contributed by atoms with E-state index in [9.17, 15) is 4.79 Å². The lowest BCUT2D eigenvalue weighted by Gasteiger charge is -2.11. The van der Waals surface area contributed by atoms with Crippen molar-refractivity contribution in [3.63, 3.8) is 0 Å². The molecule has 0 saturated carbocycles. The number of rotatable bonds is 5. The van der Waals surface area contributed by atoms with Gasteiger partial charge in [0.1, 0.15) is 0 Å². The van der Waals surface area contributed by atoms with E-state index in [0.29, 0.717) is 6.42 Å². The van der Waals surface area contributed by atoms with Gasteiger partial charge in [-0.15, -0.1) is 0 Å². The third-order valence-corrected chi connectivity index (χ3v) is 3.77. The van der Waals surface area contributed by atoms with Crippen LogP contribution in [0.1, 0.15) is 16.8 Å². The van der Waals surface area contributed by atoms with Gasteiger partial charge in [-0.1, -0.05) is 12.1 Å². The Labute approximate surface area is 138 Å². The quantitative estimate of drug-likeness (QED) is 0.431. The maximum Gasteiger partial charge on any atom is 0.168 e. The minimum absolute atomic E-state index is 0.0834. The topological polar surface area (TPSA) is 32.7 Å². The summed E-state index contributed by atoms with van der Waals surface area (Å²) >= 11 is 2.22. The Morgan fingerprint density at radius 2 is 1.71 bits per heavy atom. The van der Waals surface area contributed by atoms with Crippen LogP contribution >= 0.6 is 22.6 Å². The van der Waals surface area contributed by atoms with Crippen LogP contribution in [-0.4, -0.2) is 26.1 Å². The molecule has 4 heteroatoms. The highest BCUT2D eigenvalue weighted by Gasteiger charge is 2.03. The van der Waals surface area contributed by atoms with E-state index in [0.717, 1.165) is 20.5 Å². The molecule has 0 radical (unpaired) electrons. The van der Waals surface area contributed by atoms with E-state index in [1.54, 1.807) is 6.21 Å². The number of halogens is 1. The molecule has 0 N–H and O–H groups in total. The van der Waals surface area contributed by atoms with Crippen LogP contribution in [0, 0.1) is 3.57 Å². The summed E-state index contributed by atoms with van der Waals surface area (Å²) in [5.41, 5.74) is 2.71. The number of aliphatic imine (C=N–C) groups is 1. The Kier molecular flexibility index (Phi) is 5.50. The minimum Gasteiger partial charge on any atom is -0.378 e. The molecule has 0 aliphatic heterocycles. The van der Waals surface area contributed by atoms with Gasteiger partial charge in [-0.25, -0.2) is 0 Å². The molecule has 0 aliphatic carbocycles. The van der Waals surface area contributed by atoms with E-state index in [1.807, 2.05) is 67.5 Å². The van der Waals surface area contributed by atoms with Crippen LogP contribution in [0.2, 0.25) is 0 Å². The van der Waals surface area contributed by atoms with Crippen molar-refractivity contribution in [3.05, 3.63) is 57.7 Å². The number of hydrogen-bond acceptors (Lipinski definition) is 3. The van der Waals surface area contributed by atoms with E-state index < -0.39 is 0 Å². The normalized spacial score (nSPS) is 10.8. The van der Waals surface area contributed by atoms with Gasteiger partial charge >= 0.3 is 0 Å². The Bertz CT molecular complexity index is 631. The summed E-state index contributed by atoms with van der Waals surface area (Å²) in [5.74, 6) is 0.0834. The number of Topliss-reactive ketones (excluding diaryl/α,β-unsaturated/α-hetero) is 1. The predicted molar refractivity (Wildman–Crippen MR) is 97.0 cm³/mol. The fraction of sp³-hybridized carbons (Fsp3) is 0.176. The number of anilines is 1. The zero-order valence-electron chi connectivity index (χ0n) is 12.1. The zero-order chi connectivity index (χ0) is 15.2. The van der Waals surface area contributed by atoms with Gasteiger partial charge in [0.15, 0.2) is 5.78 Å². The zero-order valence-corrected chi connectivity index (χ0v) is 14.2. The molecule has 0 fully saturated rings. The van der Waals surface area contributed by atoms with Crippen molar-refractivity contribution in [2.24, 2.45) is 4.99 Å². The molecule has 0 saturated heterocycles. The highest BCUT2D eigenvalue weighted by molar-refractivity contribution is 14.1. The number of ketones is 1. The summed E-state index contributed by atoms with van der Waals surface area (Å²) in [7, 11) is 4.00. The third kappa shape index (κ3) is 4.67. The van der Waals surface area contributed by atoms with Crippen molar-refractivity contribution in [1.29, 1.82) is 0 Å². The molecule has 0 unspecified atom stereocenters. The second-order valence-corrected chi connectivity index (χ2v) is 6.10. The lowest BCUT2D eigenvalue weighted by molar-refractivity contribution is 0.100. The Balaban J connectivity index is 1.95. The van der Waals surface area contributed by atoms with Gasteiger partial charge in [-0.3, -0.25) is 9.79 Å². The van der Waals surface area contributed by atoms with Crippen LogP contribution in [0.4, 0.5) is 11.4 Å². The number of hydrogen-bond donors (Lipinski definition) is 0. The number of nitrogens with zero attached hydrogens (tertiary/aromatic N) is 2. The van der Waals surface area contributed by atoms with Crippen LogP contribution in [0.15, 0.2) is 53.5 Å². The molecule has 0 aliphatic rings. The predicted octanol–water partition coefficient (Wildman–Crippen LogP) is 4.33. The van der Waals surface area contributed by atoms with E-state index in [4.69, 9.17) is 0 Å². The van der Waals surface area contributed by atoms with E-state index in [2.05, 4.69) is 27.6 Å². The fourth-order valence-electron chi connectivity index (χ4n) is 1.82. The summed E-state index contributed by atoms with van der Waals surface area (Å²) < 4.78 is 1.12. The molecule has 108 valence electrons. The maximum atomic E-state index is 12.0. The van der Waals surface area contributed by atoms with E-state index in [1.165, 1.54) is 0 Å². The summed E-state index contributed by atoms with van der Waals surface area (Å²) in [6.07, 6.45) is 1.99. The molecule has 0 atom stereocenters. The molecular formula is C17H17IN2O. The van der Waals surface area contributed by atoms with Crippen molar-refractivity contribution in [2.75, 3.05) is 19.0 Å². The van der Waals surface area contributed by atoms with E-state index in [-0.39, 0.29) is 5.78 Å². The molecule has 2 aromatic carbocycles. The third-order valence-electron chi connectivity index (χ3n) is 3.05. The molecule has 0 spiro atoms. The highest BCUT2D eigenvalue weighted by Crippen LogP contribution is 2.17. The Hall–Kier alpha value is -1.69. The van der Waals surface area contributed by atoms with Crippen molar-refractivity contribution in [2.45, 2.75) is 6.42 Å². The lowest BCUT2D eigenvalue weighted by Crippen LogP contribution is -2.07. The molecular weight excluding hydrogens is 375 g/mol. The summed E-state index contributed by atoms with van der Waals surface area (Å²) in [6, 6.07) is 15.5. The summed E-state index contributed by atoms with van der Waals surface area (Å²) in [6.45, 7) is 0. The van der Waals surface area contributed by atoms with Crippen LogP contribution in [0.5, 0.6) is 0 Å². The second kappa shape index (κ2) is 7.36. The Morgan fingerprint density at radius 1 is 1.10 bits per heavy atom. The van der Waals surface area contributed by atoms with E-state index >= 15 is 0 Å². The van der Waals surface area contributed by atoms with Crippen LogP contribution < -0.4 is 4.90 Å². The summed E-state index contributed by atoms with van der Waals surface area (Å²) in [4.78, 5) is 18.3. The first-order valence-electron chi connectivity index (χ1n) is 6.65. The van der Waals surface area contributed by atoms with Crippen molar-refractivity contribution in [1.82, 2.24) is 0 Å². The molecule has 2 aromatic rings. The second-order valence-electron chi connectivity index (χ2n) is 4.86. The first-order valence-corrected chi connectivity index (χ1v) is 7.73. The molecule has 0 bridgehead atoms. The fourth-order valence-corrected chi connectivity index (χ4v) is 2.18. The molecule has 21 heavy (non-hydrogen) atoms. The highest BCUT2D eigenvalue weighted by atomic mass is 127. The molecule has 2 rings (SSSR count). The van der Waals surface area contributed by atoms with Crippen LogP contribution in [-0.2, 0) is 0 Å². The molecule has 0 heterocycles. The Morgan fingerprint density at radius 3 is 2.29 bits per heavy atom. The van der Waals surface area contributed by atoms with Gasteiger partial charge in [-0.2, -0.15) is 0 Å². The first kappa shape index (κ1) is 15.7. The smallest absolute Gasteiger partial charge is 0.168 e.